The lowest BCUT2D eigenvalue weighted by atomic mass is 10.4. The number of anilines is 1. The molecule has 0 unspecified atom stereocenters. The van der Waals surface area contributed by atoms with Crippen LogP contribution in [0.2, 0.25) is 0 Å². The first-order valence-electron chi connectivity index (χ1n) is 5.46. The molecule has 5 nitrogen and oxygen atoms in total. The average molecular weight is 297 g/mol. The summed E-state index contributed by atoms with van der Waals surface area (Å²) in [7, 11) is 0. The Labute approximate surface area is 112 Å². The summed E-state index contributed by atoms with van der Waals surface area (Å²) in [4.78, 5) is 15.4. The molecule has 0 saturated carbocycles. The number of halogens is 3. The maximum Gasteiger partial charge on any atom is 0.441 e. The van der Waals surface area contributed by atoms with Crippen molar-refractivity contribution in [2.45, 2.75) is 25.9 Å². The van der Waals surface area contributed by atoms with Gasteiger partial charge in [0.05, 0.1) is 6.61 Å². The molecule has 0 bridgehead atoms. The van der Waals surface area contributed by atoms with Gasteiger partial charge in [-0.25, -0.2) is 9.78 Å². The van der Waals surface area contributed by atoms with Crippen LogP contribution in [0.4, 0.5) is 19.0 Å². The van der Waals surface area contributed by atoms with Gasteiger partial charge in [0, 0.05) is 12.3 Å². The van der Waals surface area contributed by atoms with E-state index in [1.54, 1.807) is 13.8 Å². The number of rotatable bonds is 5. The molecule has 9 heteroatoms. The maximum atomic E-state index is 12.0. The Morgan fingerprint density at radius 2 is 2.16 bits per heavy atom. The summed E-state index contributed by atoms with van der Waals surface area (Å²) in [6.07, 6.45) is 0. The summed E-state index contributed by atoms with van der Waals surface area (Å²) in [6, 6.07) is 0. The van der Waals surface area contributed by atoms with Crippen LogP contribution in [0.3, 0.4) is 0 Å². The number of esters is 1. The fraction of sp³-hybridized carbons (Fsp3) is 0.600. The van der Waals surface area contributed by atoms with E-state index in [4.69, 9.17) is 10.5 Å². The van der Waals surface area contributed by atoms with E-state index in [1.807, 2.05) is 0 Å². The maximum absolute atomic E-state index is 12.0. The number of imidazole rings is 1. The van der Waals surface area contributed by atoms with Crippen LogP contribution in [-0.4, -0.2) is 33.4 Å². The topological polar surface area (TPSA) is 70.1 Å². The third-order valence-electron chi connectivity index (χ3n) is 2.25. The van der Waals surface area contributed by atoms with Crippen LogP contribution >= 0.6 is 11.8 Å². The molecule has 0 aromatic carbocycles. The molecular weight excluding hydrogens is 283 g/mol. The first-order valence-corrected chi connectivity index (χ1v) is 6.45. The third-order valence-corrected chi connectivity index (χ3v) is 2.96. The molecule has 0 aliphatic heterocycles. The molecule has 1 aromatic heterocycles. The number of aromatic nitrogens is 2. The van der Waals surface area contributed by atoms with Crippen LogP contribution in [0.15, 0.2) is 0 Å². The summed E-state index contributed by atoms with van der Waals surface area (Å²) in [5.41, 5.74) is 1.35. The van der Waals surface area contributed by atoms with Crippen molar-refractivity contribution < 1.29 is 22.7 Å². The predicted octanol–water partition coefficient (Wildman–Crippen LogP) is 2.20. The van der Waals surface area contributed by atoms with Crippen LogP contribution in [0.5, 0.6) is 0 Å². The lowest BCUT2D eigenvalue weighted by Crippen LogP contribution is -2.12. The molecule has 0 saturated heterocycles. The lowest BCUT2D eigenvalue weighted by molar-refractivity contribution is -0.0328. The van der Waals surface area contributed by atoms with Gasteiger partial charge in [-0.1, -0.05) is 0 Å². The number of carbonyl (C=O) groups excluding carboxylic acids is 1. The number of hydrogen-bond donors (Lipinski definition) is 1. The van der Waals surface area contributed by atoms with Gasteiger partial charge in [-0.2, -0.15) is 13.2 Å². The van der Waals surface area contributed by atoms with E-state index in [0.717, 1.165) is 0 Å². The number of hydrogen-bond acceptors (Lipinski definition) is 5. The van der Waals surface area contributed by atoms with Gasteiger partial charge in [0.25, 0.3) is 0 Å². The van der Waals surface area contributed by atoms with Gasteiger partial charge in [0.1, 0.15) is 11.6 Å². The monoisotopic (exact) mass is 297 g/mol. The lowest BCUT2D eigenvalue weighted by Gasteiger charge is -2.09. The number of ether oxygens (including phenoxy) is 1. The number of carbonyl (C=O) groups is 1. The van der Waals surface area contributed by atoms with Crippen molar-refractivity contribution in [2.75, 3.05) is 18.1 Å². The molecule has 0 aliphatic carbocycles. The van der Waals surface area contributed by atoms with Gasteiger partial charge < -0.3 is 15.0 Å². The first-order chi connectivity index (χ1) is 8.76. The number of alkyl halides is 3. The fourth-order valence-corrected chi connectivity index (χ4v) is 1.97. The number of aryl methyl sites for hydroxylation is 1. The minimum Gasteiger partial charge on any atom is -0.461 e. The average Bonchev–Trinajstić information content (AvgIpc) is 2.55. The molecule has 1 rings (SSSR count). The van der Waals surface area contributed by atoms with Crippen molar-refractivity contribution in [3.05, 3.63) is 11.5 Å². The Morgan fingerprint density at radius 3 is 2.68 bits per heavy atom. The van der Waals surface area contributed by atoms with Crippen molar-refractivity contribution in [3.63, 3.8) is 0 Å². The molecule has 2 N–H and O–H groups in total. The highest BCUT2D eigenvalue weighted by atomic mass is 32.2. The fourth-order valence-electron chi connectivity index (χ4n) is 1.47. The third kappa shape index (κ3) is 4.34. The van der Waals surface area contributed by atoms with Crippen molar-refractivity contribution >= 4 is 23.5 Å². The molecule has 0 radical (unpaired) electrons. The summed E-state index contributed by atoms with van der Waals surface area (Å²) in [6.45, 7) is 3.40. The quantitative estimate of drug-likeness (QED) is 0.844. The molecule has 0 spiro atoms. The van der Waals surface area contributed by atoms with E-state index < -0.39 is 11.5 Å². The Morgan fingerprint density at radius 1 is 1.53 bits per heavy atom. The van der Waals surface area contributed by atoms with Crippen molar-refractivity contribution in [3.8, 4) is 0 Å². The van der Waals surface area contributed by atoms with Crippen molar-refractivity contribution in [1.82, 2.24) is 9.55 Å². The SMILES string of the molecule is CCOC(=O)c1nc(C)n(CCSC(F)(F)F)c1N. The van der Waals surface area contributed by atoms with Crippen molar-refractivity contribution in [1.29, 1.82) is 0 Å². The zero-order valence-corrected chi connectivity index (χ0v) is 11.3. The zero-order chi connectivity index (χ0) is 14.6. The van der Waals surface area contributed by atoms with Crippen LogP contribution < -0.4 is 5.73 Å². The highest BCUT2D eigenvalue weighted by molar-refractivity contribution is 8.00. The second kappa shape index (κ2) is 6.18. The summed E-state index contributed by atoms with van der Waals surface area (Å²) >= 11 is -0.147. The number of thioether (sulfide) groups is 1. The van der Waals surface area contributed by atoms with Crippen molar-refractivity contribution in [2.24, 2.45) is 0 Å². The summed E-state index contributed by atoms with van der Waals surface area (Å²) in [5, 5.41) is 0. The largest absolute Gasteiger partial charge is 0.461 e. The second-order valence-electron chi connectivity index (χ2n) is 3.56. The predicted molar refractivity (Wildman–Crippen MR) is 65.8 cm³/mol. The van der Waals surface area contributed by atoms with E-state index in [0.29, 0.717) is 5.82 Å². The number of nitrogens with two attached hydrogens (primary N) is 1. The Balaban J connectivity index is 2.77. The summed E-state index contributed by atoms with van der Waals surface area (Å²) in [5.74, 6) is -0.472. The Hall–Kier alpha value is -1.38. The van der Waals surface area contributed by atoms with Gasteiger partial charge in [-0.05, 0) is 25.6 Å². The van der Waals surface area contributed by atoms with Crippen LogP contribution in [-0.2, 0) is 11.3 Å². The Bertz CT molecular complexity index is 460. The molecule has 19 heavy (non-hydrogen) atoms. The smallest absolute Gasteiger partial charge is 0.441 e. The van der Waals surface area contributed by atoms with E-state index >= 15 is 0 Å². The molecule has 0 atom stereocenters. The highest BCUT2D eigenvalue weighted by Gasteiger charge is 2.28. The normalized spacial score (nSPS) is 11.6. The van der Waals surface area contributed by atoms with Gasteiger partial charge in [-0.15, -0.1) is 0 Å². The zero-order valence-electron chi connectivity index (χ0n) is 10.5. The molecule has 1 heterocycles. The molecule has 0 fully saturated rings. The van der Waals surface area contributed by atoms with Crippen LogP contribution in [0, 0.1) is 6.92 Å². The van der Waals surface area contributed by atoms with Gasteiger partial charge in [0.2, 0.25) is 0 Å². The van der Waals surface area contributed by atoms with E-state index in [2.05, 4.69) is 4.98 Å². The first kappa shape index (κ1) is 15.7. The minimum atomic E-state index is -4.28. The van der Waals surface area contributed by atoms with Gasteiger partial charge in [0.15, 0.2) is 5.69 Å². The van der Waals surface area contributed by atoms with E-state index in [9.17, 15) is 18.0 Å². The van der Waals surface area contributed by atoms with Gasteiger partial charge in [-0.3, -0.25) is 0 Å². The standard InChI is InChI=1S/C10H14F3N3O2S/c1-3-18-9(17)7-8(14)16(6(2)15-7)4-5-19-10(11,12)13/h3-5,14H2,1-2H3. The molecule has 108 valence electrons. The summed E-state index contributed by atoms with van der Waals surface area (Å²) < 4.78 is 42.2. The Kier molecular flexibility index (Phi) is 5.10. The second-order valence-corrected chi connectivity index (χ2v) is 4.72. The molecular formula is C10H14F3N3O2S. The number of nitrogen functional groups attached to an aromatic ring is 1. The van der Waals surface area contributed by atoms with E-state index in [1.165, 1.54) is 4.57 Å². The molecule has 0 aliphatic rings. The number of nitrogens with zero attached hydrogens (tertiary/aromatic N) is 2. The van der Waals surface area contributed by atoms with Crippen LogP contribution in [0.1, 0.15) is 23.2 Å². The molecule has 1 aromatic rings. The molecule has 0 amide bonds. The highest BCUT2D eigenvalue weighted by Crippen LogP contribution is 2.30. The van der Waals surface area contributed by atoms with Crippen LogP contribution in [0.25, 0.3) is 0 Å². The minimum absolute atomic E-state index is 0.0221. The van der Waals surface area contributed by atoms with E-state index in [-0.39, 0.29) is 42.2 Å². The van der Waals surface area contributed by atoms with Gasteiger partial charge >= 0.3 is 11.5 Å².